The molecule has 1 rings (SSSR count). The van der Waals surface area contributed by atoms with Crippen LogP contribution < -0.4 is 5.73 Å². The van der Waals surface area contributed by atoms with E-state index in [1.54, 1.807) is 6.20 Å². The third-order valence-electron chi connectivity index (χ3n) is 2.65. The van der Waals surface area contributed by atoms with Crippen LogP contribution in [0.5, 0.6) is 0 Å². The van der Waals surface area contributed by atoms with E-state index in [2.05, 4.69) is 18.9 Å². The van der Waals surface area contributed by atoms with Gasteiger partial charge in [0.1, 0.15) is 0 Å². The molecular weight excluding hydrogens is 210 g/mol. The predicted molar refractivity (Wildman–Crippen MR) is 63.9 cm³/mol. The third kappa shape index (κ3) is 4.67. The van der Waals surface area contributed by atoms with Crippen molar-refractivity contribution in [2.24, 2.45) is 11.1 Å². The van der Waals surface area contributed by atoms with E-state index in [4.69, 9.17) is 17.3 Å². The molecule has 2 N–H and O–H groups in total. The van der Waals surface area contributed by atoms with Gasteiger partial charge in [-0.3, -0.25) is 4.68 Å². The maximum Gasteiger partial charge on any atom is 0.0785 e. The van der Waals surface area contributed by atoms with Gasteiger partial charge in [-0.05, 0) is 24.8 Å². The number of aryl methyl sites for hydroxylation is 1. The Morgan fingerprint density at radius 2 is 2.20 bits per heavy atom. The first-order valence-electron chi connectivity index (χ1n) is 5.41. The van der Waals surface area contributed by atoms with Gasteiger partial charge in [0.25, 0.3) is 0 Å². The Kier molecular flexibility index (Phi) is 4.61. The molecule has 0 unspecified atom stereocenters. The van der Waals surface area contributed by atoms with E-state index in [0.717, 1.165) is 19.5 Å². The van der Waals surface area contributed by atoms with Gasteiger partial charge in [-0.15, -0.1) is 0 Å². The first kappa shape index (κ1) is 12.5. The summed E-state index contributed by atoms with van der Waals surface area (Å²) in [6, 6.07) is 0. The van der Waals surface area contributed by atoms with Crippen molar-refractivity contribution in [3.8, 4) is 0 Å². The molecule has 0 fully saturated rings. The van der Waals surface area contributed by atoms with E-state index in [9.17, 15) is 0 Å². The van der Waals surface area contributed by atoms with E-state index in [1.807, 2.05) is 10.9 Å². The summed E-state index contributed by atoms with van der Waals surface area (Å²) in [5.41, 5.74) is 5.93. The zero-order valence-electron chi connectivity index (χ0n) is 9.54. The minimum Gasteiger partial charge on any atom is -0.330 e. The van der Waals surface area contributed by atoms with Gasteiger partial charge in [0.2, 0.25) is 0 Å². The summed E-state index contributed by atoms with van der Waals surface area (Å²) in [4.78, 5) is 0. The van der Waals surface area contributed by atoms with Crippen molar-refractivity contribution < 1.29 is 0 Å². The molecule has 0 atom stereocenters. The maximum atomic E-state index is 5.77. The summed E-state index contributed by atoms with van der Waals surface area (Å²) >= 11 is 5.77. The first-order valence-corrected chi connectivity index (χ1v) is 5.79. The lowest BCUT2D eigenvalue weighted by atomic mass is 9.87. The number of hydrogen-bond donors (Lipinski definition) is 1. The highest BCUT2D eigenvalue weighted by Crippen LogP contribution is 2.21. The zero-order valence-corrected chi connectivity index (χ0v) is 10.3. The summed E-state index contributed by atoms with van der Waals surface area (Å²) in [7, 11) is 0. The predicted octanol–water partition coefficient (Wildman–Crippen LogP) is 2.69. The highest BCUT2D eigenvalue weighted by molar-refractivity contribution is 6.30. The van der Waals surface area contributed by atoms with Crippen molar-refractivity contribution in [3.05, 3.63) is 17.4 Å². The standard InChI is InChI=1S/C11H20ClN3/c1-11(2,9-13)5-3-4-6-15-8-10(12)7-14-15/h7-8H,3-6,9,13H2,1-2H3. The largest absolute Gasteiger partial charge is 0.330 e. The van der Waals surface area contributed by atoms with Crippen molar-refractivity contribution in [3.63, 3.8) is 0 Å². The molecule has 0 amide bonds. The summed E-state index contributed by atoms with van der Waals surface area (Å²) in [6.07, 6.45) is 7.00. The van der Waals surface area contributed by atoms with Crippen LogP contribution in [0.15, 0.2) is 12.4 Å². The maximum absolute atomic E-state index is 5.77. The van der Waals surface area contributed by atoms with Crippen LogP contribution in [0.4, 0.5) is 0 Å². The molecular formula is C11H20ClN3. The average Bonchev–Trinajstić information content (AvgIpc) is 2.59. The highest BCUT2D eigenvalue weighted by atomic mass is 35.5. The van der Waals surface area contributed by atoms with Crippen LogP contribution in [-0.4, -0.2) is 16.3 Å². The summed E-state index contributed by atoms with van der Waals surface area (Å²) in [6.45, 7) is 6.10. The van der Waals surface area contributed by atoms with Gasteiger partial charge < -0.3 is 5.73 Å². The molecule has 0 bridgehead atoms. The SMILES string of the molecule is CC(C)(CN)CCCCn1cc(Cl)cn1. The van der Waals surface area contributed by atoms with E-state index in [0.29, 0.717) is 5.02 Å². The molecule has 0 spiro atoms. The first-order chi connectivity index (χ1) is 7.03. The molecule has 86 valence electrons. The van der Waals surface area contributed by atoms with Crippen LogP contribution in [0.25, 0.3) is 0 Å². The van der Waals surface area contributed by atoms with E-state index >= 15 is 0 Å². The molecule has 4 heteroatoms. The Morgan fingerprint density at radius 3 is 2.73 bits per heavy atom. The van der Waals surface area contributed by atoms with Crippen LogP contribution >= 0.6 is 11.6 Å². The highest BCUT2D eigenvalue weighted by Gasteiger charge is 2.14. The number of nitrogens with zero attached hydrogens (tertiary/aromatic N) is 2. The van der Waals surface area contributed by atoms with E-state index < -0.39 is 0 Å². The fraction of sp³-hybridized carbons (Fsp3) is 0.727. The van der Waals surface area contributed by atoms with Gasteiger partial charge in [-0.1, -0.05) is 31.9 Å². The van der Waals surface area contributed by atoms with Gasteiger partial charge in [0, 0.05) is 12.7 Å². The van der Waals surface area contributed by atoms with Gasteiger partial charge in [0.05, 0.1) is 11.2 Å². The number of aromatic nitrogens is 2. The summed E-state index contributed by atoms with van der Waals surface area (Å²) in [5.74, 6) is 0. The Bertz CT molecular complexity index is 294. The van der Waals surface area contributed by atoms with Crippen molar-refractivity contribution in [2.75, 3.05) is 6.54 Å². The molecule has 0 aliphatic rings. The zero-order chi connectivity index (χ0) is 11.3. The van der Waals surface area contributed by atoms with Crippen LogP contribution in [0, 0.1) is 5.41 Å². The van der Waals surface area contributed by atoms with E-state index in [-0.39, 0.29) is 5.41 Å². The second-order valence-corrected chi connectivity index (χ2v) is 5.18. The molecule has 15 heavy (non-hydrogen) atoms. The molecule has 0 radical (unpaired) electrons. The fourth-order valence-electron chi connectivity index (χ4n) is 1.44. The van der Waals surface area contributed by atoms with Crippen molar-refractivity contribution >= 4 is 11.6 Å². The number of nitrogens with two attached hydrogens (primary N) is 1. The lowest BCUT2D eigenvalue weighted by Crippen LogP contribution is -2.23. The van der Waals surface area contributed by atoms with Gasteiger partial charge in [-0.25, -0.2) is 0 Å². The molecule has 0 saturated carbocycles. The molecule has 1 aromatic heterocycles. The lowest BCUT2D eigenvalue weighted by Gasteiger charge is -2.21. The van der Waals surface area contributed by atoms with Crippen LogP contribution in [0.3, 0.4) is 0 Å². The molecule has 0 saturated heterocycles. The van der Waals surface area contributed by atoms with Gasteiger partial charge >= 0.3 is 0 Å². The molecule has 0 aliphatic heterocycles. The van der Waals surface area contributed by atoms with Gasteiger partial charge in [-0.2, -0.15) is 5.10 Å². The normalized spacial score (nSPS) is 12.0. The van der Waals surface area contributed by atoms with Crippen molar-refractivity contribution in [2.45, 2.75) is 39.7 Å². The smallest absolute Gasteiger partial charge is 0.0785 e. The van der Waals surface area contributed by atoms with E-state index in [1.165, 1.54) is 12.8 Å². The summed E-state index contributed by atoms with van der Waals surface area (Å²) in [5, 5.41) is 4.84. The Morgan fingerprint density at radius 1 is 1.47 bits per heavy atom. The lowest BCUT2D eigenvalue weighted by molar-refractivity contribution is 0.327. The molecule has 0 aromatic carbocycles. The quantitative estimate of drug-likeness (QED) is 0.763. The monoisotopic (exact) mass is 229 g/mol. The second kappa shape index (κ2) is 5.52. The number of unbranched alkanes of at least 4 members (excludes halogenated alkanes) is 1. The Hall–Kier alpha value is -0.540. The van der Waals surface area contributed by atoms with Gasteiger partial charge in [0.15, 0.2) is 0 Å². The number of hydrogen-bond acceptors (Lipinski definition) is 2. The number of halogens is 1. The Labute approximate surface area is 96.6 Å². The third-order valence-corrected chi connectivity index (χ3v) is 2.84. The number of rotatable bonds is 6. The minimum atomic E-state index is 0.266. The fourth-order valence-corrected chi connectivity index (χ4v) is 1.60. The summed E-state index contributed by atoms with van der Waals surface area (Å²) < 4.78 is 1.89. The van der Waals surface area contributed by atoms with Crippen LogP contribution in [0.2, 0.25) is 5.02 Å². The average molecular weight is 230 g/mol. The van der Waals surface area contributed by atoms with Crippen LogP contribution in [0.1, 0.15) is 33.1 Å². The second-order valence-electron chi connectivity index (χ2n) is 4.75. The van der Waals surface area contributed by atoms with Crippen molar-refractivity contribution in [1.29, 1.82) is 0 Å². The van der Waals surface area contributed by atoms with Crippen molar-refractivity contribution in [1.82, 2.24) is 9.78 Å². The molecule has 1 heterocycles. The topological polar surface area (TPSA) is 43.8 Å². The molecule has 0 aliphatic carbocycles. The van der Waals surface area contributed by atoms with Crippen LogP contribution in [-0.2, 0) is 6.54 Å². The molecule has 3 nitrogen and oxygen atoms in total. The minimum absolute atomic E-state index is 0.266. The molecule has 1 aromatic rings. The Balaban J connectivity index is 2.17.